The number of nitrogens with zero attached hydrogens (tertiary/aromatic N) is 6. The molecule has 0 unspecified atom stereocenters. The van der Waals surface area contributed by atoms with Crippen LogP contribution < -0.4 is 4.90 Å². The summed E-state index contributed by atoms with van der Waals surface area (Å²) >= 11 is 2.32. The highest BCUT2D eigenvalue weighted by atomic mass is 32.2. The van der Waals surface area contributed by atoms with Gasteiger partial charge in [0.05, 0.1) is 11.9 Å². The van der Waals surface area contributed by atoms with Crippen LogP contribution in [0.5, 0.6) is 0 Å². The lowest BCUT2D eigenvalue weighted by Gasteiger charge is -2.12. The second kappa shape index (κ2) is 6.49. The lowest BCUT2D eigenvalue weighted by molar-refractivity contribution is 0.603. The minimum absolute atomic E-state index is 0.222. The average Bonchev–Trinajstić information content (AvgIpc) is 3.17. The first kappa shape index (κ1) is 16.9. The predicted molar refractivity (Wildman–Crippen MR) is 92.8 cm³/mol. The maximum absolute atomic E-state index is 11.5. The first-order chi connectivity index (χ1) is 11.3. The van der Waals surface area contributed by atoms with E-state index in [1.54, 1.807) is 4.68 Å². The molecule has 11 heteroatoms. The number of hydrogen-bond acceptors (Lipinski definition) is 9. The molecule has 0 saturated heterocycles. The van der Waals surface area contributed by atoms with Crippen molar-refractivity contribution >= 4 is 38.6 Å². The Morgan fingerprint density at radius 3 is 2.50 bits per heavy atom. The first-order valence-electron chi connectivity index (χ1n) is 6.74. The van der Waals surface area contributed by atoms with Gasteiger partial charge in [-0.15, -0.1) is 5.10 Å². The summed E-state index contributed by atoms with van der Waals surface area (Å²) in [4.78, 5) is 6.12. The summed E-state index contributed by atoms with van der Waals surface area (Å²) in [6.07, 6.45) is 2.51. The van der Waals surface area contributed by atoms with Crippen molar-refractivity contribution in [3.8, 4) is 5.69 Å². The van der Waals surface area contributed by atoms with Crippen LogP contribution in [0.4, 0.5) is 5.69 Å². The maximum atomic E-state index is 11.5. The molecule has 24 heavy (non-hydrogen) atoms. The maximum Gasteiger partial charge on any atom is 0.221 e. The molecule has 0 spiro atoms. The van der Waals surface area contributed by atoms with Crippen molar-refractivity contribution in [1.82, 2.24) is 25.2 Å². The minimum Gasteiger partial charge on any atom is -0.378 e. The lowest BCUT2D eigenvalue weighted by atomic mass is 10.3. The molecular formula is C13H14N6O2S3. The van der Waals surface area contributed by atoms with Crippen molar-refractivity contribution in [2.24, 2.45) is 0 Å². The van der Waals surface area contributed by atoms with Gasteiger partial charge in [0.2, 0.25) is 5.16 Å². The molecule has 0 aliphatic heterocycles. The Hall–Kier alpha value is -1.98. The number of aromatic nitrogens is 5. The average molecular weight is 382 g/mol. The highest BCUT2D eigenvalue weighted by molar-refractivity contribution is 8.01. The molecule has 2 heterocycles. The van der Waals surface area contributed by atoms with E-state index >= 15 is 0 Å². The summed E-state index contributed by atoms with van der Waals surface area (Å²) in [5, 5.41) is 12.2. The molecule has 0 saturated carbocycles. The van der Waals surface area contributed by atoms with Gasteiger partial charge in [-0.1, -0.05) is 11.3 Å². The van der Waals surface area contributed by atoms with Gasteiger partial charge >= 0.3 is 0 Å². The fraction of sp³-hybridized carbons (Fsp3) is 0.231. The van der Waals surface area contributed by atoms with Crippen LogP contribution in [-0.4, -0.2) is 54.0 Å². The number of hydrogen-bond donors (Lipinski definition) is 0. The van der Waals surface area contributed by atoms with E-state index in [0.29, 0.717) is 9.50 Å². The van der Waals surface area contributed by atoms with Crippen LogP contribution in [0.1, 0.15) is 0 Å². The van der Waals surface area contributed by atoms with Crippen molar-refractivity contribution in [3.05, 3.63) is 30.5 Å². The molecular weight excluding hydrogens is 368 g/mol. The van der Waals surface area contributed by atoms with Crippen LogP contribution in [0.2, 0.25) is 0 Å². The topological polar surface area (TPSA) is 93.9 Å². The van der Waals surface area contributed by atoms with E-state index in [2.05, 4.69) is 20.5 Å². The van der Waals surface area contributed by atoms with Gasteiger partial charge in [-0.3, -0.25) is 0 Å². The van der Waals surface area contributed by atoms with Gasteiger partial charge in [0.1, 0.15) is 4.21 Å². The van der Waals surface area contributed by atoms with Gasteiger partial charge in [0.25, 0.3) is 0 Å². The molecule has 0 N–H and O–H groups in total. The van der Waals surface area contributed by atoms with Gasteiger partial charge in [-0.05, 0) is 46.5 Å². The van der Waals surface area contributed by atoms with Gasteiger partial charge in [0.15, 0.2) is 14.2 Å². The summed E-state index contributed by atoms with van der Waals surface area (Å²) in [5.74, 6) is 0. The summed E-state index contributed by atoms with van der Waals surface area (Å²) in [6.45, 7) is 0. The zero-order valence-corrected chi connectivity index (χ0v) is 15.6. The molecule has 0 radical (unpaired) electrons. The Morgan fingerprint density at radius 2 is 1.92 bits per heavy atom. The second-order valence-electron chi connectivity index (χ2n) is 5.10. The van der Waals surface area contributed by atoms with Crippen molar-refractivity contribution < 1.29 is 8.42 Å². The lowest BCUT2D eigenvalue weighted by Crippen LogP contribution is -2.08. The van der Waals surface area contributed by atoms with Gasteiger partial charge in [-0.25, -0.2) is 13.4 Å². The van der Waals surface area contributed by atoms with Gasteiger partial charge in [0, 0.05) is 26.0 Å². The highest BCUT2D eigenvalue weighted by Crippen LogP contribution is 2.32. The monoisotopic (exact) mass is 382 g/mol. The molecule has 0 aliphatic rings. The Balaban J connectivity index is 1.86. The zero-order chi connectivity index (χ0) is 17.3. The summed E-state index contributed by atoms with van der Waals surface area (Å²) < 4.78 is 25.4. The molecule has 0 fully saturated rings. The molecule has 0 bridgehead atoms. The molecule has 0 atom stereocenters. The van der Waals surface area contributed by atoms with Crippen molar-refractivity contribution in [2.45, 2.75) is 13.7 Å². The fourth-order valence-electron chi connectivity index (χ4n) is 1.84. The van der Waals surface area contributed by atoms with Crippen molar-refractivity contribution in [1.29, 1.82) is 0 Å². The Labute approximate surface area is 147 Å². The zero-order valence-electron chi connectivity index (χ0n) is 13.1. The van der Waals surface area contributed by atoms with Crippen molar-refractivity contribution in [3.63, 3.8) is 0 Å². The SMILES string of the molecule is CN(C)c1ccc(-n2nnnc2Sc2ncc(S(C)(=O)=O)s2)cc1. The Bertz CT molecular complexity index is 946. The van der Waals surface area contributed by atoms with Crippen molar-refractivity contribution in [2.75, 3.05) is 25.3 Å². The van der Waals surface area contributed by atoms with Crippen LogP contribution in [0.25, 0.3) is 5.69 Å². The number of anilines is 1. The smallest absolute Gasteiger partial charge is 0.221 e. The number of sulfone groups is 1. The minimum atomic E-state index is -3.26. The number of rotatable bonds is 5. The summed E-state index contributed by atoms with van der Waals surface area (Å²) in [6, 6.07) is 7.77. The third-order valence-electron chi connectivity index (χ3n) is 3.06. The largest absolute Gasteiger partial charge is 0.378 e. The Morgan fingerprint density at radius 1 is 1.21 bits per heavy atom. The van der Waals surface area contributed by atoms with Crippen LogP contribution in [0, 0.1) is 0 Å². The van der Waals surface area contributed by atoms with E-state index in [-0.39, 0.29) is 4.21 Å². The molecule has 126 valence electrons. The molecule has 3 aromatic rings. The summed E-state index contributed by atoms with van der Waals surface area (Å²) in [5.41, 5.74) is 1.88. The molecule has 8 nitrogen and oxygen atoms in total. The quantitative estimate of drug-likeness (QED) is 0.659. The molecule has 3 rings (SSSR count). The normalized spacial score (nSPS) is 11.6. The van der Waals surface area contributed by atoms with Gasteiger partial charge in [-0.2, -0.15) is 4.68 Å². The molecule has 0 aliphatic carbocycles. The van der Waals surface area contributed by atoms with Crippen LogP contribution in [-0.2, 0) is 9.84 Å². The van der Waals surface area contributed by atoms with E-state index in [4.69, 9.17) is 0 Å². The standard InChI is InChI=1S/C13H14N6O2S3/c1-18(2)9-4-6-10(7-5-9)19-12(15-16-17-19)23-13-14-8-11(22-13)24(3,20)21/h4-8H,1-3H3. The molecule has 0 amide bonds. The highest BCUT2D eigenvalue weighted by Gasteiger charge is 2.16. The number of thiazole rings is 1. The van der Waals surface area contributed by atoms with E-state index < -0.39 is 9.84 Å². The third-order valence-corrected chi connectivity index (χ3v) is 6.86. The fourth-order valence-corrected chi connectivity index (χ4v) is 4.69. The van der Waals surface area contributed by atoms with E-state index in [1.165, 1.54) is 18.0 Å². The summed E-state index contributed by atoms with van der Waals surface area (Å²) in [7, 11) is 0.678. The van der Waals surface area contributed by atoms with Gasteiger partial charge < -0.3 is 4.90 Å². The first-order valence-corrected chi connectivity index (χ1v) is 10.3. The van der Waals surface area contributed by atoms with E-state index in [9.17, 15) is 8.42 Å². The van der Waals surface area contributed by atoms with Crippen LogP contribution in [0.3, 0.4) is 0 Å². The Kier molecular flexibility index (Phi) is 4.56. The number of benzene rings is 1. The van der Waals surface area contributed by atoms with E-state index in [0.717, 1.165) is 29.0 Å². The second-order valence-corrected chi connectivity index (χ2v) is 9.59. The number of tetrazole rings is 1. The van der Waals surface area contributed by atoms with Crippen LogP contribution in [0.15, 0.2) is 44.2 Å². The van der Waals surface area contributed by atoms with Crippen LogP contribution >= 0.6 is 23.1 Å². The predicted octanol–water partition coefficient (Wildman–Crippen LogP) is 1.74. The molecule has 2 aromatic heterocycles. The molecule has 1 aromatic carbocycles. The van der Waals surface area contributed by atoms with E-state index in [1.807, 2.05) is 43.3 Å². The third kappa shape index (κ3) is 3.57.